The number of thioether (sulfide) groups is 1. The Bertz CT molecular complexity index is 376. The molecule has 0 heterocycles. The Balaban J connectivity index is 2.61. The second-order valence-electron chi connectivity index (χ2n) is 4.50. The minimum atomic E-state index is 0.207. The van der Waals surface area contributed by atoms with Gasteiger partial charge < -0.3 is 15.2 Å². The number of rotatable bonds is 9. The molecule has 0 aliphatic heterocycles. The van der Waals surface area contributed by atoms with Gasteiger partial charge in [-0.2, -0.15) is 0 Å². The third-order valence-corrected chi connectivity index (χ3v) is 4.60. The molecule has 1 unspecified atom stereocenters. The van der Waals surface area contributed by atoms with Crippen molar-refractivity contribution in [2.24, 2.45) is 5.92 Å². The molecule has 0 aliphatic carbocycles. The number of aliphatic hydroxyl groups excluding tert-OH is 1. The summed E-state index contributed by atoms with van der Waals surface area (Å²) >= 11 is 7.97. The van der Waals surface area contributed by atoms with Crippen molar-refractivity contribution in [1.82, 2.24) is 5.32 Å². The molecule has 0 amide bonds. The molecule has 3 nitrogen and oxygen atoms in total. The van der Waals surface area contributed by atoms with Crippen molar-refractivity contribution >= 4 is 23.4 Å². The summed E-state index contributed by atoms with van der Waals surface area (Å²) in [6.07, 6.45) is 0. The molecule has 19 heavy (non-hydrogen) atoms. The minimum Gasteiger partial charge on any atom is -0.396 e. The van der Waals surface area contributed by atoms with E-state index < -0.39 is 0 Å². The molecule has 0 aliphatic rings. The molecule has 2 N–H and O–H groups in total. The maximum atomic E-state index is 9.08. The fraction of sp³-hybridized carbons (Fsp3) is 0.571. The number of nitrogens with one attached hydrogen (secondary N) is 1. The molecule has 1 aromatic rings. The van der Waals surface area contributed by atoms with Crippen LogP contribution in [0.1, 0.15) is 12.5 Å². The van der Waals surface area contributed by atoms with Crippen molar-refractivity contribution < 1.29 is 9.84 Å². The van der Waals surface area contributed by atoms with Crippen molar-refractivity contribution in [2.45, 2.75) is 18.4 Å². The van der Waals surface area contributed by atoms with E-state index in [0.29, 0.717) is 6.61 Å². The van der Waals surface area contributed by atoms with E-state index >= 15 is 0 Å². The maximum absolute atomic E-state index is 9.08. The third kappa shape index (κ3) is 6.15. The molecular formula is C14H22ClNO2S. The minimum absolute atomic E-state index is 0.207. The van der Waals surface area contributed by atoms with Crippen molar-refractivity contribution in [3.8, 4) is 0 Å². The van der Waals surface area contributed by atoms with Gasteiger partial charge in [0.1, 0.15) is 0 Å². The fourth-order valence-corrected chi connectivity index (χ4v) is 2.98. The molecule has 1 rings (SSSR count). The first kappa shape index (κ1) is 16.8. The predicted octanol–water partition coefficient (Wildman–Crippen LogP) is 2.80. The molecular weight excluding hydrogens is 282 g/mol. The summed E-state index contributed by atoms with van der Waals surface area (Å²) in [4.78, 5) is 1.11. The first-order valence-corrected chi connectivity index (χ1v) is 7.76. The van der Waals surface area contributed by atoms with Crippen LogP contribution in [0.4, 0.5) is 0 Å². The highest BCUT2D eigenvalue weighted by molar-refractivity contribution is 7.99. The average Bonchev–Trinajstić information content (AvgIpc) is 2.42. The van der Waals surface area contributed by atoms with Crippen LogP contribution in [0, 0.1) is 5.92 Å². The normalized spacial score (nSPS) is 12.6. The van der Waals surface area contributed by atoms with E-state index in [4.69, 9.17) is 21.4 Å². The van der Waals surface area contributed by atoms with Crippen LogP contribution in [0.5, 0.6) is 0 Å². The second-order valence-corrected chi connectivity index (χ2v) is 5.93. The standard InChI is InChI=1S/C14H22ClNO2S/c1-11(9-17)10-19-14-12(4-3-5-13(14)15)8-16-6-7-18-2/h3-5,11,16-17H,6-10H2,1-2H3. The van der Waals surface area contributed by atoms with Crippen molar-refractivity contribution in [3.63, 3.8) is 0 Å². The molecule has 0 fully saturated rings. The predicted molar refractivity (Wildman–Crippen MR) is 82.0 cm³/mol. The number of ether oxygens (including phenoxy) is 1. The van der Waals surface area contributed by atoms with E-state index in [1.165, 1.54) is 5.56 Å². The van der Waals surface area contributed by atoms with E-state index in [9.17, 15) is 0 Å². The molecule has 0 radical (unpaired) electrons. The summed E-state index contributed by atoms with van der Waals surface area (Å²) in [5.41, 5.74) is 1.19. The maximum Gasteiger partial charge on any atom is 0.0587 e. The molecule has 1 atom stereocenters. The molecule has 5 heteroatoms. The van der Waals surface area contributed by atoms with Crippen LogP contribution >= 0.6 is 23.4 Å². The number of aliphatic hydroxyl groups is 1. The molecule has 1 aromatic carbocycles. The highest BCUT2D eigenvalue weighted by atomic mass is 35.5. The zero-order valence-corrected chi connectivity index (χ0v) is 13.1. The summed E-state index contributed by atoms with van der Waals surface area (Å²) in [5.74, 6) is 1.14. The summed E-state index contributed by atoms with van der Waals surface area (Å²) < 4.78 is 5.01. The van der Waals surface area contributed by atoms with Crippen LogP contribution in [-0.4, -0.2) is 37.7 Å². The summed E-state index contributed by atoms with van der Waals surface area (Å²) in [5, 5.41) is 13.2. The summed E-state index contributed by atoms with van der Waals surface area (Å²) in [6.45, 7) is 4.53. The highest BCUT2D eigenvalue weighted by Gasteiger charge is 2.09. The van der Waals surface area contributed by atoms with Crippen LogP contribution in [0.2, 0.25) is 5.02 Å². The molecule has 0 saturated heterocycles. The number of benzene rings is 1. The molecule has 0 bridgehead atoms. The zero-order valence-electron chi connectivity index (χ0n) is 11.5. The first-order valence-electron chi connectivity index (χ1n) is 6.39. The smallest absolute Gasteiger partial charge is 0.0587 e. The van der Waals surface area contributed by atoms with Gasteiger partial charge >= 0.3 is 0 Å². The zero-order chi connectivity index (χ0) is 14.1. The van der Waals surface area contributed by atoms with Gasteiger partial charge in [0.25, 0.3) is 0 Å². The van der Waals surface area contributed by atoms with Crippen LogP contribution in [0.25, 0.3) is 0 Å². The van der Waals surface area contributed by atoms with Crippen LogP contribution in [0.3, 0.4) is 0 Å². The van der Waals surface area contributed by atoms with Gasteiger partial charge in [0.15, 0.2) is 0 Å². The topological polar surface area (TPSA) is 41.5 Å². The average molecular weight is 304 g/mol. The van der Waals surface area contributed by atoms with Crippen LogP contribution < -0.4 is 5.32 Å². The van der Waals surface area contributed by atoms with Gasteiger partial charge in [0.2, 0.25) is 0 Å². The Morgan fingerprint density at radius 2 is 2.26 bits per heavy atom. The highest BCUT2D eigenvalue weighted by Crippen LogP contribution is 2.31. The van der Waals surface area contributed by atoms with Crippen LogP contribution in [0.15, 0.2) is 23.1 Å². The first-order chi connectivity index (χ1) is 9.19. The lowest BCUT2D eigenvalue weighted by molar-refractivity contribution is 0.199. The van der Waals surface area contributed by atoms with E-state index in [1.54, 1.807) is 18.9 Å². The van der Waals surface area contributed by atoms with Crippen molar-refractivity contribution in [1.29, 1.82) is 0 Å². The molecule has 0 spiro atoms. The summed E-state index contributed by atoms with van der Waals surface area (Å²) in [6, 6.07) is 5.96. The fourth-order valence-electron chi connectivity index (χ4n) is 1.53. The van der Waals surface area contributed by atoms with Crippen molar-refractivity contribution in [3.05, 3.63) is 28.8 Å². The largest absolute Gasteiger partial charge is 0.396 e. The number of halogens is 1. The van der Waals surface area contributed by atoms with Gasteiger partial charge in [-0.05, 0) is 17.5 Å². The van der Waals surface area contributed by atoms with Gasteiger partial charge in [-0.15, -0.1) is 11.8 Å². The van der Waals surface area contributed by atoms with E-state index in [2.05, 4.69) is 11.4 Å². The summed E-state index contributed by atoms with van der Waals surface area (Å²) in [7, 11) is 1.69. The SMILES string of the molecule is COCCNCc1cccc(Cl)c1SCC(C)CO. The lowest BCUT2D eigenvalue weighted by Gasteiger charge is -2.13. The van der Waals surface area contributed by atoms with E-state index in [-0.39, 0.29) is 12.5 Å². The number of hydrogen-bond donors (Lipinski definition) is 2. The van der Waals surface area contributed by atoms with Gasteiger partial charge in [0, 0.05) is 37.5 Å². The number of hydrogen-bond acceptors (Lipinski definition) is 4. The van der Waals surface area contributed by atoms with Crippen molar-refractivity contribution in [2.75, 3.05) is 32.6 Å². The van der Waals surface area contributed by atoms with E-state index in [0.717, 1.165) is 28.8 Å². The van der Waals surface area contributed by atoms with Crippen LogP contribution in [-0.2, 0) is 11.3 Å². The molecule has 108 valence electrons. The second kappa shape index (κ2) is 9.61. The Hall–Kier alpha value is -0.260. The third-order valence-electron chi connectivity index (χ3n) is 2.67. The van der Waals surface area contributed by atoms with Gasteiger partial charge in [-0.25, -0.2) is 0 Å². The lowest BCUT2D eigenvalue weighted by atomic mass is 10.2. The van der Waals surface area contributed by atoms with Gasteiger partial charge in [-0.1, -0.05) is 30.7 Å². The van der Waals surface area contributed by atoms with Gasteiger partial charge in [-0.3, -0.25) is 0 Å². The Morgan fingerprint density at radius 1 is 1.47 bits per heavy atom. The van der Waals surface area contributed by atoms with E-state index in [1.807, 2.05) is 19.1 Å². The Morgan fingerprint density at radius 3 is 2.95 bits per heavy atom. The number of methoxy groups -OCH3 is 1. The quantitative estimate of drug-likeness (QED) is 0.544. The lowest BCUT2D eigenvalue weighted by Crippen LogP contribution is -2.19. The van der Waals surface area contributed by atoms with Gasteiger partial charge in [0.05, 0.1) is 11.6 Å². The molecule has 0 aromatic heterocycles. The monoisotopic (exact) mass is 303 g/mol. The Kier molecular flexibility index (Phi) is 8.50. The molecule has 0 saturated carbocycles. The Labute approximate surface area is 124 Å².